The van der Waals surface area contributed by atoms with Gasteiger partial charge in [0.2, 0.25) is 5.91 Å². The second-order valence-corrected chi connectivity index (χ2v) is 5.47. The highest BCUT2D eigenvalue weighted by Gasteiger charge is 2.13. The summed E-state index contributed by atoms with van der Waals surface area (Å²) in [6.45, 7) is 4.62. The van der Waals surface area contributed by atoms with E-state index in [1.165, 1.54) is 0 Å². The maximum Gasteiger partial charge on any atom is 0.220 e. The minimum atomic E-state index is 0.0286. The van der Waals surface area contributed by atoms with E-state index in [0.29, 0.717) is 13.0 Å². The smallest absolute Gasteiger partial charge is 0.220 e. The molecule has 1 aromatic carbocycles. The van der Waals surface area contributed by atoms with Crippen molar-refractivity contribution in [3.05, 3.63) is 34.3 Å². The zero-order chi connectivity index (χ0) is 13.5. The highest BCUT2D eigenvalue weighted by Crippen LogP contribution is 2.17. The third-order valence-electron chi connectivity index (χ3n) is 3.13. The maximum absolute atomic E-state index is 11.8. The first-order chi connectivity index (χ1) is 8.56. The Morgan fingerprint density at radius 2 is 2.00 bits per heavy atom. The molecule has 0 aliphatic heterocycles. The molecule has 1 amide bonds. The fourth-order valence-corrected chi connectivity index (χ4v) is 2.06. The third-order valence-corrected chi connectivity index (χ3v) is 3.66. The van der Waals surface area contributed by atoms with E-state index in [1.807, 2.05) is 31.2 Å². The van der Waals surface area contributed by atoms with E-state index in [-0.39, 0.29) is 17.9 Å². The number of nitrogens with one attached hydrogen (secondary N) is 1. The van der Waals surface area contributed by atoms with Gasteiger partial charge in [-0.3, -0.25) is 4.79 Å². The van der Waals surface area contributed by atoms with Crippen LogP contribution in [-0.4, -0.2) is 12.5 Å². The third kappa shape index (κ3) is 4.78. The molecular formula is C14H21BrN2O. The summed E-state index contributed by atoms with van der Waals surface area (Å²) in [5.74, 6) is 0.352. The molecule has 0 heterocycles. The Hall–Kier alpha value is -0.870. The van der Waals surface area contributed by atoms with Crippen LogP contribution in [0.15, 0.2) is 28.7 Å². The van der Waals surface area contributed by atoms with Crippen LogP contribution in [0.2, 0.25) is 0 Å². The lowest BCUT2D eigenvalue weighted by molar-refractivity contribution is -0.122. The molecule has 3 nitrogen and oxygen atoms in total. The van der Waals surface area contributed by atoms with E-state index in [9.17, 15) is 4.79 Å². The van der Waals surface area contributed by atoms with Gasteiger partial charge in [0.1, 0.15) is 0 Å². The number of hydrogen-bond acceptors (Lipinski definition) is 2. The van der Waals surface area contributed by atoms with Crippen LogP contribution in [0.1, 0.15) is 38.3 Å². The first kappa shape index (κ1) is 15.2. The minimum absolute atomic E-state index is 0.0286. The number of rotatable bonds is 6. The number of benzene rings is 1. The molecule has 0 radical (unpaired) electrons. The number of carbonyl (C=O) groups excluding carboxylic acids is 1. The molecule has 2 atom stereocenters. The summed E-state index contributed by atoms with van der Waals surface area (Å²) in [6.07, 6.45) is 1.45. The van der Waals surface area contributed by atoms with Gasteiger partial charge >= 0.3 is 0 Å². The van der Waals surface area contributed by atoms with Crippen LogP contribution in [0.5, 0.6) is 0 Å². The Balaban J connectivity index is 2.51. The number of nitrogens with two attached hydrogens (primary N) is 1. The number of hydrogen-bond donors (Lipinski definition) is 2. The molecule has 0 aliphatic rings. The van der Waals surface area contributed by atoms with Gasteiger partial charge in [-0.2, -0.15) is 0 Å². The molecule has 1 aromatic rings. The molecule has 1 rings (SSSR count). The van der Waals surface area contributed by atoms with E-state index in [1.54, 1.807) is 0 Å². The highest BCUT2D eigenvalue weighted by molar-refractivity contribution is 9.10. The van der Waals surface area contributed by atoms with Crippen LogP contribution in [-0.2, 0) is 4.79 Å². The van der Waals surface area contributed by atoms with Crippen molar-refractivity contribution in [2.75, 3.05) is 6.54 Å². The van der Waals surface area contributed by atoms with Crippen molar-refractivity contribution in [2.45, 2.75) is 32.7 Å². The predicted octanol–water partition coefficient (Wildman–Crippen LogP) is 3.00. The summed E-state index contributed by atoms with van der Waals surface area (Å²) in [7, 11) is 0. The minimum Gasteiger partial charge on any atom is -0.350 e. The first-order valence-corrected chi connectivity index (χ1v) is 7.11. The van der Waals surface area contributed by atoms with E-state index in [4.69, 9.17) is 5.73 Å². The summed E-state index contributed by atoms with van der Waals surface area (Å²) >= 11 is 3.40. The molecule has 0 saturated heterocycles. The quantitative estimate of drug-likeness (QED) is 0.848. The average Bonchev–Trinajstić information content (AvgIpc) is 2.36. The Morgan fingerprint density at radius 3 is 2.50 bits per heavy atom. The summed E-state index contributed by atoms with van der Waals surface area (Å²) in [5, 5.41) is 3.00. The molecule has 18 heavy (non-hydrogen) atoms. The number of amides is 1. The average molecular weight is 313 g/mol. The fraction of sp³-hybridized carbons (Fsp3) is 0.500. The lowest BCUT2D eigenvalue weighted by Gasteiger charge is -2.17. The normalized spacial score (nSPS) is 14.0. The van der Waals surface area contributed by atoms with Gasteiger partial charge in [-0.15, -0.1) is 0 Å². The van der Waals surface area contributed by atoms with E-state index in [0.717, 1.165) is 16.5 Å². The molecular weight excluding hydrogens is 292 g/mol. The molecule has 4 heteroatoms. The van der Waals surface area contributed by atoms with Crippen molar-refractivity contribution >= 4 is 21.8 Å². The number of halogens is 1. The molecule has 0 bridgehead atoms. The Bertz CT molecular complexity index is 374. The van der Waals surface area contributed by atoms with Gasteiger partial charge in [0, 0.05) is 10.9 Å². The highest BCUT2D eigenvalue weighted by atomic mass is 79.9. The largest absolute Gasteiger partial charge is 0.350 e. The topological polar surface area (TPSA) is 55.1 Å². The van der Waals surface area contributed by atoms with Crippen molar-refractivity contribution in [1.82, 2.24) is 5.32 Å². The van der Waals surface area contributed by atoms with Crippen LogP contribution in [0.25, 0.3) is 0 Å². The maximum atomic E-state index is 11.8. The molecule has 0 fully saturated rings. The predicted molar refractivity (Wildman–Crippen MR) is 78.2 cm³/mol. The van der Waals surface area contributed by atoms with Gasteiger partial charge in [0.25, 0.3) is 0 Å². The first-order valence-electron chi connectivity index (χ1n) is 6.31. The zero-order valence-electron chi connectivity index (χ0n) is 10.9. The fourth-order valence-electron chi connectivity index (χ4n) is 1.79. The van der Waals surface area contributed by atoms with Crippen molar-refractivity contribution in [3.8, 4) is 0 Å². The molecule has 0 saturated carbocycles. The summed E-state index contributed by atoms with van der Waals surface area (Å²) in [6, 6.07) is 8.00. The monoisotopic (exact) mass is 312 g/mol. The number of carbonyl (C=O) groups is 1. The summed E-state index contributed by atoms with van der Waals surface area (Å²) in [4.78, 5) is 11.8. The van der Waals surface area contributed by atoms with Crippen molar-refractivity contribution in [3.63, 3.8) is 0 Å². The second kappa shape index (κ2) is 7.54. The second-order valence-electron chi connectivity index (χ2n) is 4.55. The standard InChI is InChI=1S/C14H21BrN2O/c1-3-11(9-16)8-14(18)17-10(2)12-4-6-13(15)7-5-12/h4-7,10-11H,3,8-9,16H2,1-2H3,(H,17,18). The van der Waals surface area contributed by atoms with Crippen molar-refractivity contribution in [2.24, 2.45) is 11.7 Å². The lowest BCUT2D eigenvalue weighted by atomic mass is 10.0. The molecule has 100 valence electrons. The Labute approximate surface area is 117 Å². The molecule has 3 N–H and O–H groups in total. The zero-order valence-corrected chi connectivity index (χ0v) is 12.5. The van der Waals surface area contributed by atoms with Crippen LogP contribution in [0, 0.1) is 5.92 Å². The van der Waals surface area contributed by atoms with Gasteiger partial charge in [0.15, 0.2) is 0 Å². The van der Waals surface area contributed by atoms with Gasteiger partial charge < -0.3 is 11.1 Å². The van der Waals surface area contributed by atoms with Gasteiger partial charge in [0.05, 0.1) is 6.04 Å². The van der Waals surface area contributed by atoms with Crippen molar-refractivity contribution < 1.29 is 4.79 Å². The summed E-state index contributed by atoms with van der Waals surface area (Å²) < 4.78 is 1.04. The van der Waals surface area contributed by atoms with Crippen LogP contribution < -0.4 is 11.1 Å². The molecule has 0 aliphatic carbocycles. The Kier molecular flexibility index (Phi) is 6.36. The van der Waals surface area contributed by atoms with Gasteiger partial charge in [-0.25, -0.2) is 0 Å². The van der Waals surface area contributed by atoms with E-state index < -0.39 is 0 Å². The van der Waals surface area contributed by atoms with Crippen LogP contribution in [0.4, 0.5) is 0 Å². The van der Waals surface area contributed by atoms with E-state index >= 15 is 0 Å². The molecule has 0 aromatic heterocycles. The summed E-state index contributed by atoms with van der Waals surface area (Å²) in [5.41, 5.74) is 6.71. The van der Waals surface area contributed by atoms with Gasteiger partial charge in [-0.05, 0) is 37.1 Å². The van der Waals surface area contributed by atoms with Gasteiger partial charge in [-0.1, -0.05) is 41.4 Å². The van der Waals surface area contributed by atoms with E-state index in [2.05, 4.69) is 28.2 Å². The Morgan fingerprint density at radius 1 is 1.39 bits per heavy atom. The SMILES string of the molecule is CCC(CN)CC(=O)NC(C)c1ccc(Br)cc1. The van der Waals surface area contributed by atoms with Crippen molar-refractivity contribution in [1.29, 1.82) is 0 Å². The molecule has 2 unspecified atom stereocenters. The van der Waals surface area contributed by atoms with Crippen LogP contribution >= 0.6 is 15.9 Å². The van der Waals surface area contributed by atoms with Crippen LogP contribution in [0.3, 0.4) is 0 Å². The molecule has 0 spiro atoms. The lowest BCUT2D eigenvalue weighted by Crippen LogP contribution is -2.30.